The van der Waals surface area contributed by atoms with Crippen molar-refractivity contribution in [2.45, 2.75) is 44.7 Å². The Balaban J connectivity index is 1.84. The maximum atomic E-state index is 4.26. The molecule has 0 saturated carbocycles. The second-order valence-corrected chi connectivity index (χ2v) is 6.38. The number of nitrogens with zero attached hydrogens (tertiary/aromatic N) is 3. The van der Waals surface area contributed by atoms with E-state index in [2.05, 4.69) is 66.1 Å². The number of rotatable bonds is 4. The highest BCUT2D eigenvalue weighted by Crippen LogP contribution is 2.30. The van der Waals surface area contributed by atoms with E-state index < -0.39 is 0 Å². The van der Waals surface area contributed by atoms with Gasteiger partial charge in [-0.25, -0.2) is 4.68 Å². The van der Waals surface area contributed by atoms with Crippen LogP contribution in [0.25, 0.3) is 5.70 Å². The minimum Gasteiger partial charge on any atom is -0.290 e. The second kappa shape index (κ2) is 5.93. The minimum absolute atomic E-state index is 0.339. The fraction of sp³-hybridized carbons (Fsp3) is 0.375. The van der Waals surface area contributed by atoms with Gasteiger partial charge in [0, 0.05) is 11.3 Å². The van der Waals surface area contributed by atoms with Gasteiger partial charge in [-0.3, -0.25) is 5.43 Å². The van der Waals surface area contributed by atoms with Gasteiger partial charge in [-0.05, 0) is 17.5 Å². The van der Waals surface area contributed by atoms with E-state index in [-0.39, 0.29) is 0 Å². The summed E-state index contributed by atoms with van der Waals surface area (Å²) in [6.07, 6.45) is 2.31. The van der Waals surface area contributed by atoms with Crippen LogP contribution >= 0.6 is 11.8 Å². The summed E-state index contributed by atoms with van der Waals surface area (Å²) in [5, 5.41) is 11.5. The Morgan fingerprint density at radius 2 is 1.95 bits per heavy atom. The summed E-state index contributed by atoms with van der Waals surface area (Å²) in [4.78, 5) is 0. The van der Waals surface area contributed by atoms with E-state index in [0.717, 1.165) is 23.1 Å². The van der Waals surface area contributed by atoms with Crippen LogP contribution in [-0.2, 0) is 6.42 Å². The molecular formula is C16H20N4S. The standard InChI is InChI=1S/C16H20N4S/c1-4-5-12-6-8-13(9-7-12)14-10-21-16-18-17-15(11(2)3)20(16)19-14/h6-11,19H,4-5H2,1-3H3. The molecule has 1 aliphatic rings. The number of aryl methyl sites for hydroxylation is 1. The Labute approximate surface area is 129 Å². The number of hydrogen-bond acceptors (Lipinski definition) is 4. The smallest absolute Gasteiger partial charge is 0.214 e. The third-order valence-corrected chi connectivity index (χ3v) is 4.32. The molecular weight excluding hydrogens is 280 g/mol. The highest BCUT2D eigenvalue weighted by Gasteiger charge is 2.19. The van der Waals surface area contributed by atoms with E-state index in [0.29, 0.717) is 5.92 Å². The molecule has 0 bridgehead atoms. The van der Waals surface area contributed by atoms with Crippen molar-refractivity contribution in [1.29, 1.82) is 0 Å². The molecule has 21 heavy (non-hydrogen) atoms. The van der Waals surface area contributed by atoms with E-state index in [1.165, 1.54) is 17.5 Å². The monoisotopic (exact) mass is 300 g/mol. The molecule has 0 amide bonds. The Morgan fingerprint density at radius 3 is 2.62 bits per heavy atom. The zero-order valence-electron chi connectivity index (χ0n) is 12.6. The van der Waals surface area contributed by atoms with E-state index in [4.69, 9.17) is 0 Å². The molecule has 110 valence electrons. The third kappa shape index (κ3) is 2.83. The summed E-state index contributed by atoms with van der Waals surface area (Å²) >= 11 is 1.61. The topological polar surface area (TPSA) is 42.7 Å². The molecule has 0 spiro atoms. The van der Waals surface area contributed by atoms with Crippen molar-refractivity contribution < 1.29 is 0 Å². The highest BCUT2D eigenvalue weighted by atomic mass is 32.2. The minimum atomic E-state index is 0.339. The van der Waals surface area contributed by atoms with Gasteiger partial charge in [0.25, 0.3) is 0 Å². The maximum Gasteiger partial charge on any atom is 0.214 e. The van der Waals surface area contributed by atoms with Gasteiger partial charge in [-0.15, -0.1) is 10.2 Å². The van der Waals surface area contributed by atoms with Gasteiger partial charge in [0.2, 0.25) is 5.16 Å². The van der Waals surface area contributed by atoms with Crippen molar-refractivity contribution in [3.05, 3.63) is 46.6 Å². The van der Waals surface area contributed by atoms with Crippen molar-refractivity contribution in [1.82, 2.24) is 14.9 Å². The molecule has 1 aromatic carbocycles. The molecule has 5 heteroatoms. The predicted molar refractivity (Wildman–Crippen MR) is 87.7 cm³/mol. The first-order valence-corrected chi connectivity index (χ1v) is 8.25. The molecule has 3 rings (SSSR count). The van der Waals surface area contributed by atoms with E-state index >= 15 is 0 Å². The zero-order valence-corrected chi connectivity index (χ0v) is 13.4. The molecule has 0 atom stereocenters. The lowest BCUT2D eigenvalue weighted by Gasteiger charge is -2.20. The average molecular weight is 300 g/mol. The van der Waals surface area contributed by atoms with Gasteiger partial charge >= 0.3 is 0 Å². The van der Waals surface area contributed by atoms with Crippen LogP contribution in [0.3, 0.4) is 0 Å². The number of benzene rings is 1. The van der Waals surface area contributed by atoms with Gasteiger partial charge in [-0.2, -0.15) is 0 Å². The van der Waals surface area contributed by atoms with Crippen LogP contribution in [0.5, 0.6) is 0 Å². The first kappa shape index (κ1) is 14.2. The van der Waals surface area contributed by atoms with Gasteiger partial charge in [0.05, 0.1) is 5.70 Å². The van der Waals surface area contributed by atoms with E-state index in [1.807, 2.05) is 4.68 Å². The van der Waals surface area contributed by atoms with E-state index in [1.54, 1.807) is 11.8 Å². The van der Waals surface area contributed by atoms with Gasteiger partial charge in [0.15, 0.2) is 5.82 Å². The van der Waals surface area contributed by atoms with Crippen LogP contribution in [0, 0.1) is 0 Å². The van der Waals surface area contributed by atoms with Crippen LogP contribution in [0.4, 0.5) is 0 Å². The normalized spacial score (nSPS) is 13.8. The average Bonchev–Trinajstić information content (AvgIpc) is 2.91. The Bertz CT molecular complexity index is 655. The fourth-order valence-electron chi connectivity index (χ4n) is 2.37. The Hall–Kier alpha value is -1.75. The fourth-order valence-corrected chi connectivity index (χ4v) is 3.11. The molecule has 0 saturated heterocycles. The van der Waals surface area contributed by atoms with Crippen molar-refractivity contribution in [3.8, 4) is 0 Å². The molecule has 1 aromatic heterocycles. The molecule has 0 aliphatic carbocycles. The van der Waals surface area contributed by atoms with Crippen molar-refractivity contribution >= 4 is 17.5 Å². The SMILES string of the molecule is CCCc1ccc(C2=CSc3nnc(C(C)C)n3N2)cc1. The number of fused-ring (bicyclic) bond motifs is 1. The number of aromatic nitrogens is 3. The van der Waals surface area contributed by atoms with Crippen molar-refractivity contribution in [3.63, 3.8) is 0 Å². The van der Waals surface area contributed by atoms with Gasteiger partial charge in [-0.1, -0.05) is 63.2 Å². The largest absolute Gasteiger partial charge is 0.290 e. The van der Waals surface area contributed by atoms with Crippen LogP contribution < -0.4 is 5.43 Å². The molecule has 1 N–H and O–H groups in total. The molecule has 2 heterocycles. The Morgan fingerprint density at radius 1 is 1.19 bits per heavy atom. The number of hydrogen-bond donors (Lipinski definition) is 1. The number of thioether (sulfide) groups is 1. The molecule has 0 radical (unpaired) electrons. The molecule has 4 nitrogen and oxygen atoms in total. The zero-order chi connectivity index (χ0) is 14.8. The van der Waals surface area contributed by atoms with Crippen LogP contribution in [-0.4, -0.2) is 14.9 Å². The quantitative estimate of drug-likeness (QED) is 0.926. The summed E-state index contributed by atoms with van der Waals surface area (Å²) < 4.78 is 1.99. The lowest BCUT2D eigenvalue weighted by atomic mass is 10.1. The molecule has 0 unspecified atom stereocenters. The lowest BCUT2D eigenvalue weighted by molar-refractivity contribution is 0.700. The third-order valence-electron chi connectivity index (χ3n) is 3.49. The van der Waals surface area contributed by atoms with Crippen LogP contribution in [0.15, 0.2) is 34.8 Å². The summed E-state index contributed by atoms with van der Waals surface area (Å²) in [6.45, 7) is 6.46. The van der Waals surface area contributed by atoms with Gasteiger partial charge in [0.1, 0.15) is 0 Å². The second-order valence-electron chi connectivity index (χ2n) is 5.54. The maximum absolute atomic E-state index is 4.26. The first-order chi connectivity index (χ1) is 10.2. The summed E-state index contributed by atoms with van der Waals surface area (Å²) in [7, 11) is 0. The lowest BCUT2D eigenvalue weighted by Crippen LogP contribution is -2.20. The van der Waals surface area contributed by atoms with Crippen molar-refractivity contribution in [2.24, 2.45) is 0 Å². The van der Waals surface area contributed by atoms with Gasteiger partial charge < -0.3 is 0 Å². The number of nitrogens with one attached hydrogen (secondary N) is 1. The van der Waals surface area contributed by atoms with E-state index in [9.17, 15) is 0 Å². The first-order valence-electron chi connectivity index (χ1n) is 7.37. The van der Waals surface area contributed by atoms with Crippen molar-refractivity contribution in [2.75, 3.05) is 5.43 Å². The summed E-state index contributed by atoms with van der Waals surface area (Å²) in [6, 6.07) is 8.76. The molecule has 2 aromatic rings. The van der Waals surface area contributed by atoms with Crippen LogP contribution in [0.1, 0.15) is 50.1 Å². The summed E-state index contributed by atoms with van der Waals surface area (Å²) in [5.41, 5.74) is 7.10. The molecule has 1 aliphatic heterocycles. The predicted octanol–water partition coefficient (Wildman–Crippen LogP) is 4.00. The van der Waals surface area contributed by atoms with Crippen LogP contribution in [0.2, 0.25) is 0 Å². The molecule has 0 fully saturated rings. The highest BCUT2D eigenvalue weighted by molar-refractivity contribution is 8.02. The Kier molecular flexibility index (Phi) is 4.01. The summed E-state index contributed by atoms with van der Waals surface area (Å²) in [5.74, 6) is 1.30.